The number of aryl methyl sites for hydroxylation is 2. The van der Waals surface area contributed by atoms with E-state index in [1.54, 1.807) is 25.6 Å². The summed E-state index contributed by atoms with van der Waals surface area (Å²) in [5, 5.41) is 0.743. The van der Waals surface area contributed by atoms with Crippen LogP contribution < -0.4 is 20.7 Å². The van der Waals surface area contributed by atoms with Crippen molar-refractivity contribution in [2.45, 2.75) is 12.8 Å². The largest absolute Gasteiger partial charge is 0.493 e. The minimum Gasteiger partial charge on any atom is -0.493 e. The molecule has 1 aliphatic rings. The van der Waals surface area contributed by atoms with E-state index < -0.39 is 0 Å². The molecule has 1 aromatic heterocycles. The van der Waals surface area contributed by atoms with Crippen molar-refractivity contribution in [1.82, 2.24) is 4.98 Å². The number of aromatic nitrogens is 1. The minimum atomic E-state index is 0.726. The summed E-state index contributed by atoms with van der Waals surface area (Å²) < 4.78 is 10.7. The van der Waals surface area contributed by atoms with E-state index in [1.807, 2.05) is 12.1 Å². The molecule has 3 rings (SSSR count). The summed E-state index contributed by atoms with van der Waals surface area (Å²) in [6, 6.07) is 4.03. The molecule has 100 valence electrons. The second-order valence-corrected chi connectivity index (χ2v) is 5.38. The number of hydrazine groups is 1. The first-order chi connectivity index (χ1) is 9.26. The summed E-state index contributed by atoms with van der Waals surface area (Å²) in [5.41, 5.74) is 5.96. The van der Waals surface area contributed by atoms with Gasteiger partial charge in [-0.05, 0) is 30.5 Å². The molecule has 5 nitrogen and oxygen atoms in total. The normalized spacial score (nSPS) is 12.6. The Bertz CT molecular complexity index is 625. The Morgan fingerprint density at radius 3 is 2.63 bits per heavy atom. The fraction of sp³-hybridized carbons (Fsp3) is 0.308. The molecular weight excluding hydrogens is 262 g/mol. The van der Waals surface area contributed by atoms with Crippen molar-refractivity contribution in [3.63, 3.8) is 0 Å². The number of nitrogens with zero attached hydrogens (tertiary/aromatic N) is 1. The van der Waals surface area contributed by atoms with Crippen LogP contribution in [0.15, 0.2) is 12.1 Å². The number of nitrogens with two attached hydrogens (primary N) is 1. The molecule has 0 spiro atoms. The maximum Gasteiger partial charge on any atom is 0.197 e. The monoisotopic (exact) mass is 277 g/mol. The van der Waals surface area contributed by atoms with Crippen LogP contribution in [-0.2, 0) is 12.8 Å². The summed E-state index contributed by atoms with van der Waals surface area (Å²) in [5.74, 6) is 6.92. The highest BCUT2D eigenvalue weighted by Crippen LogP contribution is 2.42. The predicted molar refractivity (Wildman–Crippen MR) is 75.9 cm³/mol. The van der Waals surface area contributed by atoms with Crippen LogP contribution >= 0.6 is 11.3 Å². The molecule has 19 heavy (non-hydrogen) atoms. The van der Waals surface area contributed by atoms with Gasteiger partial charge in [-0.1, -0.05) is 0 Å². The van der Waals surface area contributed by atoms with Gasteiger partial charge in [0.15, 0.2) is 16.6 Å². The van der Waals surface area contributed by atoms with Crippen LogP contribution in [0.25, 0.3) is 11.3 Å². The highest BCUT2D eigenvalue weighted by molar-refractivity contribution is 7.16. The number of methoxy groups -OCH3 is 2. The molecule has 0 atom stereocenters. The van der Waals surface area contributed by atoms with Gasteiger partial charge in [-0.3, -0.25) is 5.43 Å². The van der Waals surface area contributed by atoms with Gasteiger partial charge in [0.25, 0.3) is 0 Å². The van der Waals surface area contributed by atoms with Gasteiger partial charge < -0.3 is 9.47 Å². The topological polar surface area (TPSA) is 69.4 Å². The number of thiazole rings is 1. The predicted octanol–water partition coefficient (Wildman–Crippen LogP) is 2.21. The molecule has 3 N–H and O–H groups in total. The zero-order valence-corrected chi connectivity index (χ0v) is 11.6. The molecule has 0 unspecified atom stereocenters. The third kappa shape index (κ3) is 1.93. The summed E-state index contributed by atoms with van der Waals surface area (Å²) in [4.78, 5) is 5.78. The van der Waals surface area contributed by atoms with Gasteiger partial charge in [0, 0.05) is 10.4 Å². The van der Waals surface area contributed by atoms with Gasteiger partial charge in [-0.2, -0.15) is 0 Å². The minimum absolute atomic E-state index is 0.726. The van der Waals surface area contributed by atoms with Crippen molar-refractivity contribution in [2.24, 2.45) is 5.84 Å². The van der Waals surface area contributed by atoms with Crippen molar-refractivity contribution >= 4 is 16.5 Å². The molecular formula is C13H15N3O2S. The average Bonchev–Trinajstić information content (AvgIpc) is 2.89. The Morgan fingerprint density at radius 2 is 1.95 bits per heavy atom. The van der Waals surface area contributed by atoms with Gasteiger partial charge in [-0.25, -0.2) is 10.8 Å². The smallest absolute Gasteiger partial charge is 0.197 e. The van der Waals surface area contributed by atoms with Crippen LogP contribution in [0.5, 0.6) is 11.5 Å². The molecule has 0 bridgehead atoms. The lowest BCUT2D eigenvalue weighted by molar-refractivity contribution is 0.354. The third-order valence-electron chi connectivity index (χ3n) is 3.31. The molecule has 0 amide bonds. The Hall–Kier alpha value is -1.79. The quantitative estimate of drug-likeness (QED) is 0.665. The standard InChI is InChI=1S/C13H15N3O2S/c1-17-9-5-7-3-4-11-12(15-13(16-14)19-11)8(7)6-10(9)18-2/h5-6H,3-4,14H2,1-2H3,(H,15,16). The van der Waals surface area contributed by atoms with Gasteiger partial charge >= 0.3 is 0 Å². The first-order valence-corrected chi connectivity index (χ1v) is 6.80. The van der Waals surface area contributed by atoms with Crippen LogP contribution in [0, 0.1) is 0 Å². The van der Waals surface area contributed by atoms with Crippen molar-refractivity contribution in [2.75, 3.05) is 19.6 Å². The van der Waals surface area contributed by atoms with E-state index in [2.05, 4.69) is 10.4 Å². The SMILES string of the molecule is COc1cc2c(cc1OC)-c1nc(NN)sc1CC2. The summed E-state index contributed by atoms with van der Waals surface area (Å²) >= 11 is 1.60. The molecule has 0 saturated carbocycles. The van der Waals surface area contributed by atoms with E-state index in [9.17, 15) is 0 Å². The maximum atomic E-state index is 5.44. The van der Waals surface area contributed by atoms with E-state index >= 15 is 0 Å². The first-order valence-electron chi connectivity index (χ1n) is 5.98. The number of nitrogens with one attached hydrogen (secondary N) is 1. The van der Waals surface area contributed by atoms with Crippen molar-refractivity contribution < 1.29 is 9.47 Å². The zero-order chi connectivity index (χ0) is 13.4. The average molecular weight is 277 g/mol. The Morgan fingerprint density at radius 1 is 1.21 bits per heavy atom. The molecule has 0 aliphatic heterocycles. The molecule has 1 aromatic carbocycles. The number of fused-ring (bicyclic) bond motifs is 3. The summed E-state index contributed by atoms with van der Waals surface area (Å²) in [6.45, 7) is 0. The molecule has 1 heterocycles. The number of hydrogen-bond acceptors (Lipinski definition) is 6. The van der Waals surface area contributed by atoms with Crippen LogP contribution in [0.2, 0.25) is 0 Å². The molecule has 1 aliphatic carbocycles. The molecule has 0 fully saturated rings. The van der Waals surface area contributed by atoms with E-state index in [4.69, 9.17) is 15.3 Å². The number of nitrogen functional groups attached to an aromatic ring is 1. The lowest BCUT2D eigenvalue weighted by Gasteiger charge is -2.18. The third-order valence-corrected chi connectivity index (χ3v) is 4.35. The number of rotatable bonds is 3. The van der Waals surface area contributed by atoms with Gasteiger partial charge in [0.2, 0.25) is 0 Å². The molecule has 6 heteroatoms. The van der Waals surface area contributed by atoms with E-state index in [0.717, 1.165) is 40.7 Å². The van der Waals surface area contributed by atoms with Crippen LogP contribution in [0.4, 0.5) is 5.13 Å². The van der Waals surface area contributed by atoms with Crippen LogP contribution in [-0.4, -0.2) is 19.2 Å². The van der Waals surface area contributed by atoms with Gasteiger partial charge in [0.05, 0.1) is 19.9 Å². The molecule has 0 saturated heterocycles. The van der Waals surface area contributed by atoms with E-state index in [0.29, 0.717) is 0 Å². The lowest BCUT2D eigenvalue weighted by Crippen LogP contribution is -2.06. The fourth-order valence-electron chi connectivity index (χ4n) is 2.39. The van der Waals surface area contributed by atoms with Crippen LogP contribution in [0.3, 0.4) is 0 Å². The van der Waals surface area contributed by atoms with Crippen molar-refractivity contribution in [3.8, 4) is 22.8 Å². The van der Waals surface area contributed by atoms with Crippen molar-refractivity contribution in [1.29, 1.82) is 0 Å². The Labute approximate surface area is 115 Å². The lowest BCUT2D eigenvalue weighted by atomic mass is 9.93. The van der Waals surface area contributed by atoms with Crippen molar-refractivity contribution in [3.05, 3.63) is 22.6 Å². The van der Waals surface area contributed by atoms with Gasteiger partial charge in [0.1, 0.15) is 0 Å². The highest BCUT2D eigenvalue weighted by atomic mass is 32.1. The second-order valence-electron chi connectivity index (χ2n) is 4.30. The number of hydrogen-bond donors (Lipinski definition) is 2. The highest BCUT2D eigenvalue weighted by Gasteiger charge is 2.23. The fourth-order valence-corrected chi connectivity index (χ4v) is 3.28. The first kappa shape index (κ1) is 12.3. The zero-order valence-electron chi connectivity index (χ0n) is 10.8. The number of ether oxygens (including phenoxy) is 2. The summed E-state index contributed by atoms with van der Waals surface area (Å²) in [6.07, 6.45) is 1.96. The number of benzene rings is 1. The van der Waals surface area contributed by atoms with Crippen LogP contribution in [0.1, 0.15) is 10.4 Å². The number of anilines is 1. The Kier molecular flexibility index (Phi) is 3.04. The summed E-state index contributed by atoms with van der Waals surface area (Å²) in [7, 11) is 3.29. The molecule has 2 aromatic rings. The van der Waals surface area contributed by atoms with E-state index in [-0.39, 0.29) is 0 Å². The second kappa shape index (κ2) is 4.71. The van der Waals surface area contributed by atoms with E-state index in [1.165, 1.54) is 10.4 Å². The van der Waals surface area contributed by atoms with Gasteiger partial charge in [-0.15, -0.1) is 11.3 Å². The Balaban J connectivity index is 2.16. The maximum absolute atomic E-state index is 5.44. The molecule has 0 radical (unpaired) electrons.